The predicted molar refractivity (Wildman–Crippen MR) is 39.5 cm³/mol. The SMILES string of the molecule is O=NOc1cccc([N+](=O)[O-])c1. The summed E-state index contributed by atoms with van der Waals surface area (Å²) in [4.78, 5) is 23.4. The van der Waals surface area contributed by atoms with Gasteiger partial charge in [0, 0.05) is 6.07 Å². The van der Waals surface area contributed by atoms with Crippen LogP contribution in [0, 0.1) is 15.0 Å². The third kappa shape index (κ3) is 1.75. The van der Waals surface area contributed by atoms with Crippen LogP contribution in [-0.4, -0.2) is 4.92 Å². The number of non-ortho nitro benzene ring substituents is 1. The highest BCUT2D eigenvalue weighted by Gasteiger charge is 2.05. The van der Waals surface area contributed by atoms with Gasteiger partial charge in [-0.25, -0.2) is 0 Å². The predicted octanol–water partition coefficient (Wildman–Crippen LogP) is 1.65. The molecule has 0 fully saturated rings. The minimum Gasteiger partial charge on any atom is -0.324 e. The van der Waals surface area contributed by atoms with Crippen LogP contribution in [0.3, 0.4) is 0 Å². The number of rotatable bonds is 3. The minimum atomic E-state index is -0.586. The average Bonchev–Trinajstić information content (AvgIpc) is 2.05. The molecule has 0 unspecified atom stereocenters. The molecule has 6 heteroatoms. The summed E-state index contributed by atoms with van der Waals surface area (Å²) in [6.07, 6.45) is 0. The molecular weight excluding hydrogens is 164 g/mol. The van der Waals surface area contributed by atoms with Crippen molar-refractivity contribution in [2.75, 3.05) is 0 Å². The molecule has 0 heterocycles. The molecule has 0 saturated heterocycles. The minimum absolute atomic E-state index is 0.0548. The summed E-state index contributed by atoms with van der Waals surface area (Å²) in [7, 11) is 0. The van der Waals surface area contributed by atoms with Crippen molar-refractivity contribution in [1.82, 2.24) is 0 Å². The van der Waals surface area contributed by atoms with Crippen molar-refractivity contribution in [1.29, 1.82) is 0 Å². The van der Waals surface area contributed by atoms with Gasteiger partial charge in [0.25, 0.3) is 5.69 Å². The Morgan fingerprint density at radius 2 is 2.25 bits per heavy atom. The fourth-order valence-electron chi connectivity index (χ4n) is 0.697. The van der Waals surface area contributed by atoms with Gasteiger partial charge in [0.05, 0.1) is 11.0 Å². The first-order valence-corrected chi connectivity index (χ1v) is 2.98. The lowest BCUT2D eigenvalue weighted by Gasteiger charge is -1.93. The van der Waals surface area contributed by atoms with Gasteiger partial charge in [0.2, 0.25) is 0 Å². The van der Waals surface area contributed by atoms with Crippen molar-refractivity contribution in [3.05, 3.63) is 39.3 Å². The molecule has 0 radical (unpaired) electrons. The van der Waals surface area contributed by atoms with E-state index in [-0.39, 0.29) is 11.4 Å². The zero-order valence-electron chi connectivity index (χ0n) is 5.84. The Labute approximate surface area is 66.8 Å². The molecule has 1 aromatic carbocycles. The summed E-state index contributed by atoms with van der Waals surface area (Å²) >= 11 is 0. The number of nitro groups is 1. The van der Waals surface area contributed by atoms with Gasteiger partial charge in [-0.3, -0.25) is 10.1 Å². The lowest BCUT2D eigenvalue weighted by molar-refractivity contribution is -0.384. The second kappa shape index (κ2) is 3.42. The third-order valence-electron chi connectivity index (χ3n) is 1.17. The summed E-state index contributed by atoms with van der Waals surface area (Å²) in [5.41, 5.74) is -0.142. The summed E-state index contributed by atoms with van der Waals surface area (Å²) in [6.45, 7) is 0. The largest absolute Gasteiger partial charge is 0.324 e. The van der Waals surface area contributed by atoms with Gasteiger partial charge in [0.1, 0.15) is 0 Å². The molecule has 0 saturated carbocycles. The maximum Gasteiger partial charge on any atom is 0.273 e. The molecule has 0 N–H and O–H groups in total. The van der Waals surface area contributed by atoms with E-state index in [0.717, 1.165) is 6.07 Å². The van der Waals surface area contributed by atoms with Crippen LogP contribution in [0.5, 0.6) is 5.75 Å². The first kappa shape index (κ1) is 8.12. The van der Waals surface area contributed by atoms with Crippen molar-refractivity contribution in [3.8, 4) is 5.75 Å². The standard InChI is InChI=1S/C6H4N2O4/c9-7-12-6-3-1-2-5(4-6)8(10)11/h1-4H. The molecule has 0 atom stereocenters. The normalized spacial score (nSPS) is 9.00. The molecule has 0 bridgehead atoms. The fourth-order valence-corrected chi connectivity index (χ4v) is 0.697. The summed E-state index contributed by atoms with van der Waals surface area (Å²) in [5.74, 6) is 0.0548. The molecule has 0 aromatic heterocycles. The van der Waals surface area contributed by atoms with Crippen LogP contribution in [0.25, 0.3) is 0 Å². The molecule has 12 heavy (non-hydrogen) atoms. The van der Waals surface area contributed by atoms with Crippen molar-refractivity contribution >= 4 is 5.69 Å². The van der Waals surface area contributed by atoms with E-state index < -0.39 is 4.92 Å². The number of benzene rings is 1. The molecule has 0 aliphatic heterocycles. The van der Waals surface area contributed by atoms with E-state index in [2.05, 4.69) is 10.2 Å². The van der Waals surface area contributed by atoms with E-state index in [1.165, 1.54) is 18.2 Å². The van der Waals surface area contributed by atoms with Crippen LogP contribution in [0.1, 0.15) is 0 Å². The lowest BCUT2D eigenvalue weighted by atomic mass is 10.3. The molecule has 0 aliphatic rings. The van der Waals surface area contributed by atoms with E-state index in [1.807, 2.05) is 0 Å². The van der Waals surface area contributed by atoms with Crippen LogP contribution < -0.4 is 4.84 Å². The zero-order chi connectivity index (χ0) is 8.97. The first-order valence-electron chi connectivity index (χ1n) is 2.98. The Balaban J connectivity index is 2.95. The summed E-state index contributed by atoms with van der Waals surface area (Å²) < 4.78 is 0. The quantitative estimate of drug-likeness (QED) is 0.390. The molecule has 6 nitrogen and oxygen atoms in total. The van der Waals surface area contributed by atoms with Crippen molar-refractivity contribution in [2.24, 2.45) is 5.34 Å². The molecule has 0 spiro atoms. The highest BCUT2D eigenvalue weighted by atomic mass is 16.7. The van der Waals surface area contributed by atoms with Crippen LogP contribution in [0.4, 0.5) is 5.69 Å². The van der Waals surface area contributed by atoms with Gasteiger partial charge in [0.15, 0.2) is 11.1 Å². The molecule has 0 aliphatic carbocycles. The fraction of sp³-hybridized carbons (Fsp3) is 0. The Morgan fingerprint density at radius 3 is 2.83 bits per heavy atom. The van der Waals surface area contributed by atoms with Gasteiger partial charge in [-0.2, -0.15) is 0 Å². The topological polar surface area (TPSA) is 81.8 Å². The van der Waals surface area contributed by atoms with E-state index in [4.69, 9.17) is 0 Å². The third-order valence-corrected chi connectivity index (χ3v) is 1.17. The second-order valence-electron chi connectivity index (χ2n) is 1.92. The summed E-state index contributed by atoms with van der Waals surface area (Å²) in [5, 5.41) is 12.3. The Kier molecular flexibility index (Phi) is 2.32. The monoisotopic (exact) mass is 168 g/mol. The van der Waals surface area contributed by atoms with Gasteiger partial charge >= 0.3 is 0 Å². The Bertz CT molecular complexity index is 312. The summed E-state index contributed by atoms with van der Waals surface area (Å²) in [6, 6.07) is 5.20. The average molecular weight is 168 g/mol. The van der Waals surface area contributed by atoms with Crippen LogP contribution >= 0.6 is 0 Å². The van der Waals surface area contributed by atoms with E-state index >= 15 is 0 Å². The van der Waals surface area contributed by atoms with E-state index in [0.29, 0.717) is 0 Å². The van der Waals surface area contributed by atoms with Crippen molar-refractivity contribution in [2.45, 2.75) is 0 Å². The van der Waals surface area contributed by atoms with Crippen molar-refractivity contribution in [3.63, 3.8) is 0 Å². The van der Waals surface area contributed by atoms with E-state index in [1.54, 1.807) is 0 Å². The van der Waals surface area contributed by atoms with Crippen molar-refractivity contribution < 1.29 is 9.76 Å². The number of hydrogen-bond donors (Lipinski definition) is 0. The highest BCUT2D eigenvalue weighted by molar-refractivity contribution is 5.37. The molecule has 0 amide bonds. The maximum absolute atomic E-state index is 10.2. The molecule has 1 rings (SSSR count). The highest BCUT2D eigenvalue weighted by Crippen LogP contribution is 2.18. The Hall–Kier alpha value is -1.98. The number of nitrogens with zero attached hydrogens (tertiary/aromatic N) is 2. The van der Waals surface area contributed by atoms with Gasteiger partial charge in [-0.05, 0) is 6.07 Å². The Morgan fingerprint density at radius 1 is 1.50 bits per heavy atom. The molecular formula is C6H4N2O4. The smallest absolute Gasteiger partial charge is 0.273 e. The maximum atomic E-state index is 10.2. The first-order chi connectivity index (χ1) is 5.74. The lowest BCUT2D eigenvalue weighted by Crippen LogP contribution is -1.88. The number of nitro benzene ring substituents is 1. The van der Waals surface area contributed by atoms with Crippen LogP contribution in [-0.2, 0) is 0 Å². The molecule has 62 valence electrons. The van der Waals surface area contributed by atoms with Gasteiger partial charge in [-0.15, -0.1) is 4.91 Å². The van der Waals surface area contributed by atoms with E-state index in [9.17, 15) is 15.0 Å². The molecule has 1 aromatic rings. The van der Waals surface area contributed by atoms with Gasteiger partial charge < -0.3 is 4.84 Å². The second-order valence-corrected chi connectivity index (χ2v) is 1.92. The van der Waals surface area contributed by atoms with Crippen LogP contribution in [0.15, 0.2) is 29.6 Å². The van der Waals surface area contributed by atoms with Gasteiger partial charge in [-0.1, -0.05) is 6.07 Å². The zero-order valence-corrected chi connectivity index (χ0v) is 5.84. The van der Waals surface area contributed by atoms with Crippen LogP contribution in [0.2, 0.25) is 0 Å². The number of hydrogen-bond acceptors (Lipinski definition) is 5.